The zero-order valence-corrected chi connectivity index (χ0v) is 9.21. The molecule has 0 spiro atoms. The molecule has 1 rings (SSSR count). The van der Waals surface area contributed by atoms with Crippen molar-refractivity contribution in [1.29, 1.82) is 0 Å². The van der Waals surface area contributed by atoms with Crippen LogP contribution in [0.5, 0.6) is 0 Å². The number of amides is 1. The summed E-state index contributed by atoms with van der Waals surface area (Å²) >= 11 is 0. The van der Waals surface area contributed by atoms with Crippen molar-refractivity contribution < 1.29 is 9.90 Å². The Hall–Kier alpha value is -1.35. The van der Waals surface area contributed by atoms with Crippen LogP contribution in [0.2, 0.25) is 0 Å². The summed E-state index contributed by atoms with van der Waals surface area (Å²) in [5, 5.41) is 11.4. The molecule has 0 atom stereocenters. The highest BCUT2D eigenvalue weighted by atomic mass is 16.2. The highest BCUT2D eigenvalue weighted by Crippen LogP contribution is 2.22. The van der Waals surface area contributed by atoms with Gasteiger partial charge in [0.1, 0.15) is 0 Å². The second-order valence-corrected chi connectivity index (χ2v) is 3.69. The maximum absolute atomic E-state index is 10.4. The molecule has 1 amide bonds. The summed E-state index contributed by atoms with van der Waals surface area (Å²) in [4.78, 5) is 10.4. The summed E-state index contributed by atoms with van der Waals surface area (Å²) in [5.41, 5.74) is 4.22. The van der Waals surface area contributed by atoms with Gasteiger partial charge in [-0.2, -0.15) is 0 Å². The third kappa shape index (κ3) is 3.06. The van der Waals surface area contributed by atoms with E-state index in [1.54, 1.807) is 0 Å². The first-order chi connectivity index (χ1) is 7.19. The van der Waals surface area contributed by atoms with Gasteiger partial charge < -0.3 is 10.4 Å². The van der Waals surface area contributed by atoms with Crippen molar-refractivity contribution in [1.82, 2.24) is 0 Å². The largest absolute Gasteiger partial charge is 0.396 e. The molecule has 0 aliphatic rings. The molecule has 0 unspecified atom stereocenters. The molecule has 3 nitrogen and oxygen atoms in total. The van der Waals surface area contributed by atoms with Gasteiger partial charge in [0.2, 0.25) is 6.41 Å². The zero-order chi connectivity index (χ0) is 11.3. The molecule has 1 aromatic carbocycles. The van der Waals surface area contributed by atoms with Gasteiger partial charge >= 0.3 is 0 Å². The number of hydrogen-bond donors (Lipinski definition) is 2. The summed E-state index contributed by atoms with van der Waals surface area (Å²) in [7, 11) is 0. The lowest BCUT2D eigenvalue weighted by Crippen LogP contribution is -2.01. The summed E-state index contributed by atoms with van der Waals surface area (Å²) < 4.78 is 0. The van der Waals surface area contributed by atoms with Crippen LogP contribution in [0.3, 0.4) is 0 Å². The van der Waals surface area contributed by atoms with E-state index in [4.69, 9.17) is 5.11 Å². The zero-order valence-electron chi connectivity index (χ0n) is 9.21. The van der Waals surface area contributed by atoms with Crippen LogP contribution in [-0.4, -0.2) is 18.1 Å². The number of aliphatic hydroxyl groups is 1. The van der Waals surface area contributed by atoms with Crippen molar-refractivity contribution in [2.75, 3.05) is 11.9 Å². The predicted molar refractivity (Wildman–Crippen MR) is 61.0 cm³/mol. The number of aliphatic hydroxyl groups excluding tert-OH is 1. The van der Waals surface area contributed by atoms with E-state index in [1.807, 2.05) is 13.8 Å². The first-order valence-corrected chi connectivity index (χ1v) is 5.10. The van der Waals surface area contributed by atoms with Crippen LogP contribution < -0.4 is 5.32 Å². The Bertz CT molecular complexity index is 324. The maximum atomic E-state index is 10.4. The molecule has 0 saturated heterocycles. The minimum atomic E-state index is 0.215. The second-order valence-electron chi connectivity index (χ2n) is 3.69. The van der Waals surface area contributed by atoms with Crippen LogP contribution in [0, 0.1) is 13.8 Å². The highest BCUT2D eigenvalue weighted by molar-refractivity contribution is 5.75. The molecule has 0 heterocycles. The molecule has 0 aromatic heterocycles. The van der Waals surface area contributed by atoms with E-state index in [9.17, 15) is 4.79 Å². The maximum Gasteiger partial charge on any atom is 0.211 e. The molecule has 15 heavy (non-hydrogen) atoms. The Kier molecular flexibility index (Phi) is 4.31. The molecule has 0 aliphatic carbocycles. The van der Waals surface area contributed by atoms with Crippen LogP contribution in [0.4, 0.5) is 5.69 Å². The van der Waals surface area contributed by atoms with Gasteiger partial charge in [-0.05, 0) is 43.4 Å². The number of benzene rings is 1. The Labute approximate surface area is 90.1 Å². The molecule has 1 aromatic rings. The molecule has 82 valence electrons. The lowest BCUT2D eigenvalue weighted by molar-refractivity contribution is -0.105. The van der Waals surface area contributed by atoms with E-state index >= 15 is 0 Å². The van der Waals surface area contributed by atoms with Gasteiger partial charge in [-0.3, -0.25) is 4.79 Å². The standard InChI is InChI=1S/C12H17NO2/c1-9-6-11(4-3-5-14)7-10(2)12(9)13-8-15/h6-8,14H,3-5H2,1-2H3,(H,13,15). The molecule has 0 fully saturated rings. The van der Waals surface area contributed by atoms with Gasteiger partial charge in [0, 0.05) is 12.3 Å². The average molecular weight is 207 g/mol. The average Bonchev–Trinajstić information content (AvgIpc) is 2.20. The Morgan fingerprint density at radius 3 is 2.40 bits per heavy atom. The quantitative estimate of drug-likeness (QED) is 0.723. The lowest BCUT2D eigenvalue weighted by atomic mass is 10.0. The topological polar surface area (TPSA) is 49.3 Å². The fourth-order valence-electron chi connectivity index (χ4n) is 1.77. The molecule has 0 saturated carbocycles. The van der Waals surface area contributed by atoms with Gasteiger partial charge in [0.15, 0.2) is 0 Å². The van der Waals surface area contributed by atoms with Crippen LogP contribution in [0.25, 0.3) is 0 Å². The van der Waals surface area contributed by atoms with Crippen LogP contribution >= 0.6 is 0 Å². The monoisotopic (exact) mass is 207 g/mol. The number of hydrogen-bond acceptors (Lipinski definition) is 2. The molecule has 2 N–H and O–H groups in total. The fraction of sp³-hybridized carbons (Fsp3) is 0.417. The van der Waals surface area contributed by atoms with Gasteiger partial charge in [-0.25, -0.2) is 0 Å². The van der Waals surface area contributed by atoms with E-state index in [1.165, 1.54) is 5.56 Å². The van der Waals surface area contributed by atoms with Crippen molar-refractivity contribution in [3.05, 3.63) is 28.8 Å². The van der Waals surface area contributed by atoms with Crippen molar-refractivity contribution in [3.8, 4) is 0 Å². The van der Waals surface area contributed by atoms with Gasteiger partial charge in [0.05, 0.1) is 0 Å². The third-order valence-electron chi connectivity index (χ3n) is 2.42. The first-order valence-electron chi connectivity index (χ1n) is 5.10. The minimum absolute atomic E-state index is 0.215. The number of carbonyl (C=O) groups excluding carboxylic acids is 1. The molecular formula is C12H17NO2. The molecule has 0 bridgehead atoms. The normalized spacial score (nSPS) is 10.1. The second kappa shape index (κ2) is 5.51. The SMILES string of the molecule is Cc1cc(CCCO)cc(C)c1NC=O. The van der Waals surface area contributed by atoms with Crippen LogP contribution in [0.15, 0.2) is 12.1 Å². The molecule has 0 radical (unpaired) electrons. The number of nitrogens with one attached hydrogen (secondary N) is 1. The smallest absolute Gasteiger partial charge is 0.211 e. The minimum Gasteiger partial charge on any atom is -0.396 e. The van der Waals surface area contributed by atoms with Crippen molar-refractivity contribution in [2.45, 2.75) is 26.7 Å². The third-order valence-corrected chi connectivity index (χ3v) is 2.42. The van der Waals surface area contributed by atoms with Gasteiger partial charge in [-0.15, -0.1) is 0 Å². The predicted octanol–water partition coefficient (Wildman–Crippen LogP) is 1.80. The summed E-state index contributed by atoms with van der Waals surface area (Å²) in [6.45, 7) is 4.16. The van der Waals surface area contributed by atoms with E-state index < -0.39 is 0 Å². The summed E-state index contributed by atoms with van der Waals surface area (Å²) in [6.07, 6.45) is 2.35. The fourth-order valence-corrected chi connectivity index (χ4v) is 1.77. The Balaban J connectivity index is 2.91. The van der Waals surface area contributed by atoms with Crippen molar-refractivity contribution in [3.63, 3.8) is 0 Å². The molecule has 3 heteroatoms. The van der Waals surface area contributed by atoms with E-state index in [0.29, 0.717) is 6.41 Å². The summed E-state index contributed by atoms with van der Waals surface area (Å²) in [6, 6.07) is 4.10. The van der Waals surface area contributed by atoms with Crippen LogP contribution in [-0.2, 0) is 11.2 Å². The first kappa shape index (κ1) is 11.7. The molecular weight excluding hydrogens is 190 g/mol. The van der Waals surface area contributed by atoms with Crippen LogP contribution in [0.1, 0.15) is 23.1 Å². The Morgan fingerprint density at radius 1 is 1.33 bits per heavy atom. The number of rotatable bonds is 5. The summed E-state index contributed by atoms with van der Waals surface area (Å²) in [5.74, 6) is 0. The molecule has 0 aliphatic heterocycles. The lowest BCUT2D eigenvalue weighted by Gasteiger charge is -2.11. The Morgan fingerprint density at radius 2 is 1.93 bits per heavy atom. The van der Waals surface area contributed by atoms with Gasteiger partial charge in [-0.1, -0.05) is 12.1 Å². The van der Waals surface area contributed by atoms with Crippen molar-refractivity contribution >= 4 is 12.1 Å². The number of carbonyl (C=O) groups is 1. The van der Waals surface area contributed by atoms with E-state index in [-0.39, 0.29) is 6.61 Å². The van der Waals surface area contributed by atoms with E-state index in [0.717, 1.165) is 29.7 Å². The van der Waals surface area contributed by atoms with E-state index in [2.05, 4.69) is 17.4 Å². The van der Waals surface area contributed by atoms with Crippen molar-refractivity contribution in [2.24, 2.45) is 0 Å². The number of aryl methyl sites for hydroxylation is 3. The van der Waals surface area contributed by atoms with Gasteiger partial charge in [0.25, 0.3) is 0 Å². The number of anilines is 1. The highest BCUT2D eigenvalue weighted by Gasteiger charge is 2.04.